The van der Waals surface area contributed by atoms with Crippen molar-refractivity contribution in [2.24, 2.45) is 0 Å². The molecule has 0 saturated heterocycles. The van der Waals surface area contributed by atoms with E-state index in [0.29, 0.717) is 38.5 Å². The Morgan fingerprint density at radius 1 is 1.14 bits per heavy atom. The molecule has 2 aliphatic heterocycles. The van der Waals surface area contributed by atoms with Crippen LogP contribution in [0.15, 0.2) is 12.1 Å². The number of H-pyrrole nitrogens is 1. The number of rotatable bonds is 5. The number of halogens is 1. The van der Waals surface area contributed by atoms with Crippen LogP contribution in [0.2, 0.25) is 0 Å². The summed E-state index contributed by atoms with van der Waals surface area (Å²) in [5, 5.41) is 10.7. The molecular weight excluding hydrogens is 380 g/mol. The zero-order chi connectivity index (χ0) is 18.8. The molecule has 0 radical (unpaired) electrons. The van der Waals surface area contributed by atoms with Gasteiger partial charge in [0.25, 0.3) is 5.91 Å². The maximum atomic E-state index is 13.1. The molecule has 0 fully saturated rings. The van der Waals surface area contributed by atoms with Gasteiger partial charge in [-0.25, -0.2) is 0 Å². The summed E-state index contributed by atoms with van der Waals surface area (Å²) in [6.45, 7) is 7.96. The molecule has 3 heterocycles. The molecular formula is C20H27ClN4O3. The van der Waals surface area contributed by atoms with Gasteiger partial charge >= 0.3 is 0 Å². The number of hydrogen-bond donors (Lipinski definition) is 2. The lowest BCUT2D eigenvalue weighted by molar-refractivity contribution is 0.0727. The van der Waals surface area contributed by atoms with Crippen LogP contribution in [0.5, 0.6) is 11.5 Å². The number of aromatic nitrogens is 2. The molecule has 1 amide bonds. The maximum absolute atomic E-state index is 13.1. The average Bonchev–Trinajstić information content (AvgIpc) is 3.12. The van der Waals surface area contributed by atoms with Crippen LogP contribution in [0.25, 0.3) is 0 Å². The first-order valence-electron chi connectivity index (χ1n) is 9.68. The zero-order valence-corrected chi connectivity index (χ0v) is 17.2. The molecule has 2 N–H and O–H groups in total. The summed E-state index contributed by atoms with van der Waals surface area (Å²) in [5.74, 6) is 1.52. The number of benzene rings is 1. The van der Waals surface area contributed by atoms with Crippen LogP contribution in [-0.2, 0) is 25.9 Å². The molecule has 2 aliphatic rings. The second-order valence-electron chi connectivity index (χ2n) is 6.87. The van der Waals surface area contributed by atoms with Gasteiger partial charge < -0.3 is 19.7 Å². The average molecular weight is 407 g/mol. The monoisotopic (exact) mass is 406 g/mol. The quantitative estimate of drug-likeness (QED) is 0.797. The lowest BCUT2D eigenvalue weighted by Gasteiger charge is -2.29. The van der Waals surface area contributed by atoms with Crippen LogP contribution < -0.4 is 14.8 Å². The highest BCUT2D eigenvalue weighted by molar-refractivity contribution is 5.94. The standard InChI is InChI=1S/C20H26N4O3.ClH/c1-3-26-17-9-13-6-8-24(12-14(13)10-18(17)27-4-2)20(25)19-15-11-21-7-5-16(15)22-23-19;/h9-10,21H,3-8,11-12H2,1-2H3,(H,22,23);1H. The number of ether oxygens (including phenoxy) is 2. The number of nitrogens with one attached hydrogen (secondary N) is 2. The molecule has 7 nitrogen and oxygen atoms in total. The van der Waals surface area contributed by atoms with Crippen molar-refractivity contribution >= 4 is 18.3 Å². The molecule has 0 saturated carbocycles. The topological polar surface area (TPSA) is 79.5 Å². The van der Waals surface area contributed by atoms with E-state index in [-0.39, 0.29) is 18.3 Å². The van der Waals surface area contributed by atoms with E-state index >= 15 is 0 Å². The van der Waals surface area contributed by atoms with E-state index in [2.05, 4.69) is 21.6 Å². The highest BCUT2D eigenvalue weighted by Gasteiger charge is 2.28. The third-order valence-corrected chi connectivity index (χ3v) is 5.17. The molecule has 0 aliphatic carbocycles. The molecule has 0 bridgehead atoms. The second kappa shape index (κ2) is 8.84. The minimum atomic E-state index is -0.00584. The number of nitrogens with zero attached hydrogens (tertiary/aromatic N) is 2. The van der Waals surface area contributed by atoms with Gasteiger partial charge in [0.1, 0.15) is 0 Å². The van der Waals surface area contributed by atoms with Crippen LogP contribution >= 0.6 is 12.4 Å². The summed E-state index contributed by atoms with van der Waals surface area (Å²) in [6.07, 6.45) is 1.69. The van der Waals surface area contributed by atoms with Gasteiger partial charge in [-0.15, -0.1) is 12.4 Å². The minimum absolute atomic E-state index is 0. The number of carbonyl (C=O) groups is 1. The van der Waals surface area contributed by atoms with Crippen molar-refractivity contribution in [3.05, 3.63) is 40.2 Å². The number of fused-ring (bicyclic) bond motifs is 2. The van der Waals surface area contributed by atoms with Crippen LogP contribution in [-0.4, -0.2) is 47.3 Å². The SMILES string of the molecule is CCOc1cc2c(cc1OCC)CN(C(=O)c1n[nH]c3c1CNCC3)CC2.Cl. The van der Waals surface area contributed by atoms with Gasteiger partial charge in [-0.2, -0.15) is 5.10 Å². The Hall–Kier alpha value is -2.25. The van der Waals surface area contributed by atoms with Gasteiger partial charge in [-0.05, 0) is 43.5 Å². The summed E-state index contributed by atoms with van der Waals surface area (Å²) < 4.78 is 11.5. The Labute approximate surface area is 171 Å². The number of carbonyl (C=O) groups excluding carboxylic acids is 1. The Kier molecular flexibility index (Phi) is 6.46. The lowest BCUT2D eigenvalue weighted by atomic mass is 9.98. The summed E-state index contributed by atoms with van der Waals surface area (Å²) >= 11 is 0. The first kappa shape index (κ1) is 20.5. The van der Waals surface area contributed by atoms with E-state index in [9.17, 15) is 4.79 Å². The first-order valence-corrected chi connectivity index (χ1v) is 9.68. The van der Waals surface area contributed by atoms with E-state index in [0.717, 1.165) is 47.7 Å². The van der Waals surface area contributed by atoms with Crippen LogP contribution in [0.1, 0.15) is 46.7 Å². The first-order chi connectivity index (χ1) is 13.2. The third kappa shape index (κ3) is 3.82. The van der Waals surface area contributed by atoms with Crippen molar-refractivity contribution in [1.29, 1.82) is 0 Å². The van der Waals surface area contributed by atoms with Crippen molar-refractivity contribution in [1.82, 2.24) is 20.4 Å². The van der Waals surface area contributed by atoms with Crippen molar-refractivity contribution < 1.29 is 14.3 Å². The van der Waals surface area contributed by atoms with E-state index in [1.165, 1.54) is 5.56 Å². The van der Waals surface area contributed by atoms with Gasteiger partial charge in [0.2, 0.25) is 0 Å². The molecule has 0 spiro atoms. The van der Waals surface area contributed by atoms with Gasteiger partial charge in [-0.1, -0.05) is 0 Å². The molecule has 4 rings (SSSR count). The largest absolute Gasteiger partial charge is 0.490 e. The highest BCUT2D eigenvalue weighted by Crippen LogP contribution is 2.34. The summed E-state index contributed by atoms with van der Waals surface area (Å²) in [4.78, 5) is 15.0. The third-order valence-electron chi connectivity index (χ3n) is 5.17. The minimum Gasteiger partial charge on any atom is -0.490 e. The van der Waals surface area contributed by atoms with E-state index in [4.69, 9.17) is 9.47 Å². The molecule has 2 aromatic rings. The molecule has 0 unspecified atom stereocenters. The van der Waals surface area contributed by atoms with Crippen molar-refractivity contribution in [3.8, 4) is 11.5 Å². The Balaban J connectivity index is 0.00000225. The Morgan fingerprint density at radius 2 is 1.86 bits per heavy atom. The predicted molar refractivity (Wildman–Crippen MR) is 108 cm³/mol. The van der Waals surface area contributed by atoms with Crippen molar-refractivity contribution in [2.45, 2.75) is 39.8 Å². The maximum Gasteiger partial charge on any atom is 0.275 e. The summed E-state index contributed by atoms with van der Waals surface area (Å²) in [5.41, 5.74) is 4.98. The normalized spacial score (nSPS) is 15.3. The molecule has 152 valence electrons. The Bertz CT molecular complexity index is 852. The van der Waals surface area contributed by atoms with Crippen molar-refractivity contribution in [2.75, 3.05) is 26.3 Å². The summed E-state index contributed by atoms with van der Waals surface area (Å²) in [7, 11) is 0. The number of aromatic amines is 1. The van der Waals surface area contributed by atoms with E-state index in [1.807, 2.05) is 24.8 Å². The number of hydrogen-bond acceptors (Lipinski definition) is 5. The molecule has 8 heteroatoms. The van der Waals surface area contributed by atoms with Gasteiger partial charge in [-0.3, -0.25) is 9.89 Å². The van der Waals surface area contributed by atoms with E-state index < -0.39 is 0 Å². The van der Waals surface area contributed by atoms with Crippen LogP contribution in [0, 0.1) is 0 Å². The lowest BCUT2D eigenvalue weighted by Crippen LogP contribution is -2.37. The second-order valence-corrected chi connectivity index (χ2v) is 6.87. The summed E-state index contributed by atoms with van der Waals surface area (Å²) in [6, 6.07) is 4.08. The number of amides is 1. The predicted octanol–water partition coefficient (Wildman–Crippen LogP) is 2.47. The molecule has 0 atom stereocenters. The zero-order valence-electron chi connectivity index (χ0n) is 16.3. The smallest absolute Gasteiger partial charge is 0.275 e. The fourth-order valence-electron chi connectivity index (χ4n) is 3.83. The van der Waals surface area contributed by atoms with Crippen LogP contribution in [0.3, 0.4) is 0 Å². The fraction of sp³-hybridized carbons (Fsp3) is 0.500. The Morgan fingerprint density at radius 3 is 2.57 bits per heavy atom. The van der Waals surface area contributed by atoms with Crippen LogP contribution in [0.4, 0.5) is 0 Å². The van der Waals surface area contributed by atoms with E-state index in [1.54, 1.807) is 0 Å². The molecule has 1 aromatic heterocycles. The fourth-order valence-corrected chi connectivity index (χ4v) is 3.83. The van der Waals surface area contributed by atoms with Gasteiger partial charge in [0.05, 0.1) is 13.2 Å². The van der Waals surface area contributed by atoms with Crippen molar-refractivity contribution in [3.63, 3.8) is 0 Å². The molecule has 1 aromatic carbocycles. The van der Waals surface area contributed by atoms with Gasteiger partial charge in [0.15, 0.2) is 17.2 Å². The van der Waals surface area contributed by atoms with Gasteiger partial charge in [0, 0.05) is 43.9 Å². The highest BCUT2D eigenvalue weighted by atomic mass is 35.5. The molecule has 28 heavy (non-hydrogen) atoms.